The first-order valence-electron chi connectivity index (χ1n) is 21.6. The summed E-state index contributed by atoms with van der Waals surface area (Å²) in [7, 11) is 0. The van der Waals surface area contributed by atoms with Gasteiger partial charge in [-0.25, -0.2) is 0 Å². The topological polar surface area (TPSA) is 99.4 Å². The fourth-order valence-corrected chi connectivity index (χ4v) is 9.27. The Balaban J connectivity index is 2.19. The van der Waals surface area contributed by atoms with Crippen LogP contribution in [-0.2, 0) is 9.47 Å². The molecule has 6 nitrogen and oxygen atoms in total. The van der Waals surface area contributed by atoms with Crippen molar-refractivity contribution in [2.75, 3.05) is 36.2 Å². The molecule has 5 atom stereocenters. The van der Waals surface area contributed by atoms with E-state index in [9.17, 15) is 20.4 Å². The van der Waals surface area contributed by atoms with Crippen LogP contribution < -0.4 is 0 Å². The first kappa shape index (κ1) is 48.5. The molecule has 1 fully saturated rings. The lowest BCUT2D eigenvalue weighted by Gasteiger charge is -2.40. The molecular weight excluding hydrogens is 665 g/mol. The van der Waals surface area contributed by atoms with Crippen molar-refractivity contribution in [2.45, 2.75) is 224 Å². The van der Waals surface area contributed by atoms with Crippen LogP contribution in [0.1, 0.15) is 194 Å². The predicted octanol–water partition coefficient (Wildman–Crippen LogP) is 10.8. The second-order valence-electron chi connectivity index (χ2n) is 15.2. The van der Waals surface area contributed by atoms with E-state index in [0.717, 1.165) is 23.0 Å². The van der Waals surface area contributed by atoms with E-state index >= 15 is 0 Å². The summed E-state index contributed by atoms with van der Waals surface area (Å²) in [4.78, 5) is 0. The Morgan fingerprint density at radius 2 is 0.820 bits per heavy atom. The van der Waals surface area contributed by atoms with Gasteiger partial charge in [0.1, 0.15) is 24.4 Å². The SMILES string of the molecule is CCCCCCCCCCCCCCCCSCC(CO[C@@H]1O[C@H](CO)[C@H](O)[C@H](O)[C@H]1O)CSCCCCCCCCCCCCCCCC. The molecule has 8 heteroatoms. The summed E-state index contributed by atoms with van der Waals surface area (Å²) in [5, 5.41) is 40.3. The second-order valence-corrected chi connectivity index (χ2v) is 17.5. The van der Waals surface area contributed by atoms with E-state index < -0.39 is 37.3 Å². The molecule has 0 spiro atoms. The van der Waals surface area contributed by atoms with Gasteiger partial charge in [0.15, 0.2) is 6.29 Å². The number of aliphatic hydroxyl groups is 4. The smallest absolute Gasteiger partial charge is 0.186 e. The molecule has 0 radical (unpaired) electrons. The Bertz CT molecular complexity index is 651. The number of rotatable bonds is 38. The van der Waals surface area contributed by atoms with Crippen molar-refractivity contribution in [1.82, 2.24) is 0 Å². The summed E-state index contributed by atoms with van der Waals surface area (Å²) in [6, 6.07) is 0. The lowest BCUT2D eigenvalue weighted by Crippen LogP contribution is -2.59. The van der Waals surface area contributed by atoms with Crippen molar-refractivity contribution in [3.8, 4) is 0 Å². The third kappa shape index (κ3) is 27.1. The number of aliphatic hydroxyl groups excluding tert-OH is 4. The van der Waals surface area contributed by atoms with Gasteiger partial charge in [-0.2, -0.15) is 23.5 Å². The Kier molecular flexibility index (Phi) is 35.3. The first-order chi connectivity index (χ1) is 24.5. The summed E-state index contributed by atoms with van der Waals surface area (Å²) >= 11 is 4.00. The maximum absolute atomic E-state index is 10.4. The number of unbranched alkanes of at least 4 members (excludes halogenated alkanes) is 26. The van der Waals surface area contributed by atoms with Crippen molar-refractivity contribution in [3.63, 3.8) is 0 Å². The minimum Gasteiger partial charge on any atom is -0.394 e. The van der Waals surface area contributed by atoms with E-state index in [0.29, 0.717) is 12.5 Å². The van der Waals surface area contributed by atoms with Gasteiger partial charge < -0.3 is 29.9 Å². The van der Waals surface area contributed by atoms with E-state index in [1.807, 2.05) is 23.5 Å². The fourth-order valence-electron chi connectivity index (χ4n) is 6.88. The van der Waals surface area contributed by atoms with E-state index in [4.69, 9.17) is 9.47 Å². The monoisotopic (exact) mass is 749 g/mol. The molecule has 300 valence electrons. The van der Waals surface area contributed by atoms with Crippen LogP contribution in [0, 0.1) is 5.92 Å². The number of thioether (sulfide) groups is 2. The van der Waals surface area contributed by atoms with Gasteiger partial charge in [-0.1, -0.05) is 181 Å². The molecule has 4 N–H and O–H groups in total. The average molecular weight is 749 g/mol. The normalized spacial score (nSPS) is 21.1. The summed E-state index contributed by atoms with van der Waals surface area (Å²) in [5.74, 6) is 4.65. The van der Waals surface area contributed by atoms with Gasteiger partial charge in [0.25, 0.3) is 0 Å². The minimum atomic E-state index is -1.39. The molecule has 0 saturated carbocycles. The number of ether oxygens (including phenoxy) is 2. The highest BCUT2D eigenvalue weighted by Crippen LogP contribution is 2.25. The maximum atomic E-state index is 10.4. The largest absolute Gasteiger partial charge is 0.394 e. The maximum Gasteiger partial charge on any atom is 0.186 e. The highest BCUT2D eigenvalue weighted by Gasteiger charge is 2.44. The quantitative estimate of drug-likeness (QED) is 0.0463. The molecule has 0 unspecified atom stereocenters. The van der Waals surface area contributed by atoms with Crippen LogP contribution in [0.25, 0.3) is 0 Å². The standard InChI is InChI=1S/C42H84O6S2/c1-3-5-7-9-11-13-15-17-19-21-23-25-27-29-31-49-35-37(34-47-42-41(46)40(45)39(44)38(33-43)48-42)36-50-32-30-28-26-24-22-20-18-16-14-12-10-8-6-4-2/h37-46H,3-36H2,1-2H3/t38-,39+,40+,41-,42-/m1/s1. The highest BCUT2D eigenvalue weighted by molar-refractivity contribution is 8.00. The van der Waals surface area contributed by atoms with Crippen molar-refractivity contribution < 1.29 is 29.9 Å². The molecule has 0 bridgehead atoms. The molecule has 1 heterocycles. The molecular formula is C42H84O6S2. The van der Waals surface area contributed by atoms with E-state index in [-0.39, 0.29) is 0 Å². The molecule has 0 amide bonds. The zero-order valence-corrected chi connectivity index (χ0v) is 34.6. The van der Waals surface area contributed by atoms with E-state index in [1.165, 1.54) is 180 Å². The molecule has 1 aliphatic heterocycles. The zero-order chi connectivity index (χ0) is 36.3. The second kappa shape index (κ2) is 36.4. The van der Waals surface area contributed by atoms with E-state index in [1.54, 1.807) is 0 Å². The van der Waals surface area contributed by atoms with Gasteiger partial charge in [0.2, 0.25) is 0 Å². The Labute approximate surface area is 318 Å². The van der Waals surface area contributed by atoms with Crippen LogP contribution in [0.3, 0.4) is 0 Å². The Morgan fingerprint density at radius 3 is 1.16 bits per heavy atom. The first-order valence-corrected chi connectivity index (χ1v) is 23.9. The summed E-state index contributed by atoms with van der Waals surface area (Å²) in [5.41, 5.74) is 0. The van der Waals surface area contributed by atoms with Gasteiger partial charge in [-0.15, -0.1) is 0 Å². The predicted molar refractivity (Wildman–Crippen MR) is 218 cm³/mol. The molecule has 0 aromatic rings. The highest BCUT2D eigenvalue weighted by atomic mass is 32.2. The van der Waals surface area contributed by atoms with Crippen molar-refractivity contribution in [3.05, 3.63) is 0 Å². The Morgan fingerprint density at radius 1 is 0.480 bits per heavy atom. The molecule has 50 heavy (non-hydrogen) atoms. The zero-order valence-electron chi connectivity index (χ0n) is 32.9. The molecule has 0 aromatic heterocycles. The van der Waals surface area contributed by atoms with E-state index in [2.05, 4.69) is 13.8 Å². The molecule has 0 aromatic carbocycles. The summed E-state index contributed by atoms with van der Waals surface area (Å²) in [6.45, 7) is 4.57. The van der Waals surface area contributed by atoms with Crippen LogP contribution in [0.5, 0.6) is 0 Å². The molecule has 1 aliphatic rings. The van der Waals surface area contributed by atoms with Crippen LogP contribution in [0.15, 0.2) is 0 Å². The minimum absolute atomic E-state index is 0.315. The molecule has 1 rings (SSSR count). The van der Waals surface area contributed by atoms with Crippen LogP contribution in [0.4, 0.5) is 0 Å². The lowest BCUT2D eigenvalue weighted by atomic mass is 9.99. The number of hydrogen-bond acceptors (Lipinski definition) is 8. The van der Waals surface area contributed by atoms with Gasteiger partial charge in [-0.05, 0) is 35.9 Å². The van der Waals surface area contributed by atoms with Crippen LogP contribution in [-0.4, -0.2) is 87.4 Å². The van der Waals surface area contributed by atoms with Crippen LogP contribution in [0.2, 0.25) is 0 Å². The fraction of sp³-hybridized carbons (Fsp3) is 1.00. The van der Waals surface area contributed by atoms with Gasteiger partial charge >= 0.3 is 0 Å². The summed E-state index contributed by atoms with van der Waals surface area (Å²) in [6.07, 6.45) is 32.6. The molecule has 1 saturated heterocycles. The van der Waals surface area contributed by atoms with Gasteiger partial charge in [-0.3, -0.25) is 0 Å². The van der Waals surface area contributed by atoms with Gasteiger partial charge in [0, 0.05) is 5.92 Å². The molecule has 0 aliphatic carbocycles. The lowest BCUT2D eigenvalue weighted by molar-refractivity contribution is -0.302. The van der Waals surface area contributed by atoms with Crippen molar-refractivity contribution >= 4 is 23.5 Å². The summed E-state index contributed by atoms with van der Waals surface area (Å²) < 4.78 is 11.6. The van der Waals surface area contributed by atoms with Crippen molar-refractivity contribution in [1.29, 1.82) is 0 Å². The van der Waals surface area contributed by atoms with Crippen LogP contribution >= 0.6 is 23.5 Å². The van der Waals surface area contributed by atoms with Gasteiger partial charge in [0.05, 0.1) is 13.2 Å². The average Bonchev–Trinajstić information content (AvgIpc) is 3.12. The third-order valence-electron chi connectivity index (χ3n) is 10.3. The van der Waals surface area contributed by atoms with Crippen molar-refractivity contribution in [2.24, 2.45) is 5.92 Å². The third-order valence-corrected chi connectivity index (χ3v) is 12.9. The Hall–Kier alpha value is 0.460. The number of hydrogen-bond donors (Lipinski definition) is 4.